The second kappa shape index (κ2) is 6.80. The fourth-order valence-electron chi connectivity index (χ4n) is 1.85. The second-order valence-corrected chi connectivity index (χ2v) is 6.09. The molecule has 0 bridgehead atoms. The van der Waals surface area contributed by atoms with Crippen LogP contribution in [0.15, 0.2) is 0 Å². The normalized spacial score (nSPS) is 17.6. The Kier molecular flexibility index (Phi) is 5.70. The molecule has 0 radical (unpaired) electrons. The SMILES string of the molecule is NS(=O)(=O)CCCNC(=O)N1CCCCCC1. The number of primary sulfonamides is 1. The van der Waals surface area contributed by atoms with E-state index in [-0.39, 0.29) is 11.8 Å². The molecule has 0 aromatic heterocycles. The highest BCUT2D eigenvalue weighted by molar-refractivity contribution is 7.89. The van der Waals surface area contributed by atoms with Crippen molar-refractivity contribution in [1.82, 2.24) is 10.2 Å². The fraction of sp³-hybridized carbons (Fsp3) is 0.900. The molecule has 3 N–H and O–H groups in total. The van der Waals surface area contributed by atoms with Crippen molar-refractivity contribution >= 4 is 16.1 Å². The molecule has 1 saturated heterocycles. The molecule has 1 aliphatic heterocycles. The van der Waals surface area contributed by atoms with Gasteiger partial charge >= 0.3 is 6.03 Å². The van der Waals surface area contributed by atoms with Crippen molar-refractivity contribution < 1.29 is 13.2 Å². The number of likely N-dealkylation sites (tertiary alicyclic amines) is 1. The van der Waals surface area contributed by atoms with E-state index in [0.717, 1.165) is 25.9 Å². The fourth-order valence-corrected chi connectivity index (χ4v) is 2.40. The van der Waals surface area contributed by atoms with Crippen LogP contribution in [0.1, 0.15) is 32.1 Å². The molecule has 100 valence electrons. The standard InChI is InChI=1S/C10H21N3O3S/c11-17(15,16)9-5-6-12-10(14)13-7-3-1-2-4-8-13/h1-9H2,(H,12,14)(H2,11,15,16). The van der Waals surface area contributed by atoms with Gasteiger partial charge in [-0.1, -0.05) is 12.8 Å². The van der Waals surface area contributed by atoms with Crippen LogP contribution in [0.25, 0.3) is 0 Å². The van der Waals surface area contributed by atoms with Gasteiger partial charge in [-0.25, -0.2) is 18.4 Å². The van der Waals surface area contributed by atoms with E-state index in [9.17, 15) is 13.2 Å². The average Bonchev–Trinajstić information content (AvgIpc) is 2.51. The third-order valence-corrected chi connectivity index (χ3v) is 3.63. The van der Waals surface area contributed by atoms with E-state index in [1.807, 2.05) is 0 Å². The summed E-state index contributed by atoms with van der Waals surface area (Å²) in [4.78, 5) is 13.5. The summed E-state index contributed by atoms with van der Waals surface area (Å²) in [5, 5.41) is 7.58. The second-order valence-electron chi connectivity index (χ2n) is 4.35. The van der Waals surface area contributed by atoms with E-state index < -0.39 is 10.0 Å². The molecule has 0 unspecified atom stereocenters. The summed E-state index contributed by atoms with van der Waals surface area (Å²) in [6.45, 7) is 1.94. The number of nitrogens with one attached hydrogen (secondary N) is 1. The zero-order valence-electron chi connectivity index (χ0n) is 10.0. The molecule has 0 atom stereocenters. The molecule has 2 amide bonds. The van der Waals surface area contributed by atoms with Crippen LogP contribution in [0.2, 0.25) is 0 Å². The Bertz CT molecular complexity index is 335. The van der Waals surface area contributed by atoms with E-state index in [4.69, 9.17) is 5.14 Å². The maximum Gasteiger partial charge on any atom is 0.317 e. The van der Waals surface area contributed by atoms with Crippen molar-refractivity contribution in [3.63, 3.8) is 0 Å². The van der Waals surface area contributed by atoms with Gasteiger partial charge in [-0.3, -0.25) is 0 Å². The molecule has 0 aromatic carbocycles. The number of rotatable bonds is 4. The van der Waals surface area contributed by atoms with Crippen LogP contribution in [-0.4, -0.2) is 44.7 Å². The number of hydrogen-bond donors (Lipinski definition) is 2. The minimum absolute atomic E-state index is 0.0900. The molecule has 17 heavy (non-hydrogen) atoms. The molecule has 0 aromatic rings. The van der Waals surface area contributed by atoms with Gasteiger partial charge in [0.2, 0.25) is 10.0 Å². The third kappa shape index (κ3) is 6.48. The lowest BCUT2D eigenvalue weighted by molar-refractivity contribution is 0.200. The molecule has 1 rings (SSSR count). The molecule has 0 saturated carbocycles. The van der Waals surface area contributed by atoms with Crippen molar-refractivity contribution in [1.29, 1.82) is 0 Å². The van der Waals surface area contributed by atoms with E-state index in [1.165, 1.54) is 12.8 Å². The van der Waals surface area contributed by atoms with Crippen molar-refractivity contribution in [2.24, 2.45) is 5.14 Å². The predicted octanol–water partition coefficient (Wildman–Crippen LogP) is 0.251. The molecule has 1 heterocycles. The highest BCUT2D eigenvalue weighted by Crippen LogP contribution is 2.09. The topological polar surface area (TPSA) is 92.5 Å². The Morgan fingerprint density at radius 2 is 1.76 bits per heavy atom. The van der Waals surface area contributed by atoms with E-state index in [2.05, 4.69) is 5.32 Å². The van der Waals surface area contributed by atoms with Gasteiger partial charge in [0.1, 0.15) is 0 Å². The van der Waals surface area contributed by atoms with Crippen LogP contribution in [0, 0.1) is 0 Å². The Morgan fingerprint density at radius 3 is 2.29 bits per heavy atom. The lowest BCUT2D eigenvalue weighted by Gasteiger charge is -2.20. The number of nitrogens with zero attached hydrogens (tertiary/aromatic N) is 1. The monoisotopic (exact) mass is 263 g/mol. The van der Waals surface area contributed by atoms with Gasteiger partial charge in [0.05, 0.1) is 5.75 Å². The molecule has 0 aliphatic carbocycles. The summed E-state index contributed by atoms with van der Waals surface area (Å²) in [7, 11) is -3.42. The zero-order chi connectivity index (χ0) is 12.7. The van der Waals surface area contributed by atoms with Crippen molar-refractivity contribution in [3.05, 3.63) is 0 Å². The first-order valence-corrected chi connectivity index (χ1v) is 7.74. The van der Waals surface area contributed by atoms with E-state index >= 15 is 0 Å². The molecule has 6 nitrogen and oxygen atoms in total. The third-order valence-electron chi connectivity index (χ3n) is 2.78. The Hall–Kier alpha value is -0.820. The molecular formula is C10H21N3O3S. The van der Waals surface area contributed by atoms with Crippen molar-refractivity contribution in [3.8, 4) is 0 Å². The van der Waals surface area contributed by atoms with Crippen LogP contribution in [-0.2, 0) is 10.0 Å². The average molecular weight is 263 g/mol. The summed E-state index contributed by atoms with van der Waals surface area (Å²) < 4.78 is 21.4. The maximum absolute atomic E-state index is 11.7. The summed E-state index contributed by atoms with van der Waals surface area (Å²) in [6, 6.07) is -0.0960. The number of carbonyl (C=O) groups excluding carboxylic acids is 1. The first-order chi connectivity index (χ1) is 7.99. The van der Waals surface area contributed by atoms with E-state index in [1.54, 1.807) is 4.90 Å². The van der Waals surface area contributed by atoms with E-state index in [0.29, 0.717) is 13.0 Å². The number of hydrogen-bond acceptors (Lipinski definition) is 3. The molecular weight excluding hydrogens is 242 g/mol. The van der Waals surface area contributed by atoms with Gasteiger partial charge in [0.25, 0.3) is 0 Å². The van der Waals surface area contributed by atoms with Gasteiger partial charge in [0, 0.05) is 19.6 Å². The van der Waals surface area contributed by atoms with Crippen molar-refractivity contribution in [2.45, 2.75) is 32.1 Å². The van der Waals surface area contributed by atoms with Gasteiger partial charge in [-0.05, 0) is 19.3 Å². The number of sulfonamides is 1. The van der Waals surface area contributed by atoms with Crippen molar-refractivity contribution in [2.75, 3.05) is 25.4 Å². The maximum atomic E-state index is 11.7. The van der Waals surface area contributed by atoms with Gasteiger partial charge in [-0.2, -0.15) is 0 Å². The molecule has 1 aliphatic rings. The van der Waals surface area contributed by atoms with Crippen LogP contribution in [0.3, 0.4) is 0 Å². The Balaban J connectivity index is 2.19. The first kappa shape index (κ1) is 14.2. The molecule has 0 spiro atoms. The van der Waals surface area contributed by atoms with Crippen LogP contribution in [0.5, 0.6) is 0 Å². The summed E-state index contributed by atoms with van der Waals surface area (Å²) in [5.41, 5.74) is 0. The van der Waals surface area contributed by atoms with Gasteiger partial charge < -0.3 is 10.2 Å². The van der Waals surface area contributed by atoms with Crippen LogP contribution >= 0.6 is 0 Å². The minimum atomic E-state index is -3.42. The number of carbonyl (C=O) groups is 1. The minimum Gasteiger partial charge on any atom is -0.338 e. The molecule has 7 heteroatoms. The lowest BCUT2D eigenvalue weighted by atomic mass is 10.2. The first-order valence-electron chi connectivity index (χ1n) is 6.02. The smallest absolute Gasteiger partial charge is 0.317 e. The summed E-state index contributed by atoms with van der Waals surface area (Å²) in [5.74, 6) is -0.0900. The Morgan fingerprint density at radius 1 is 1.18 bits per heavy atom. The number of urea groups is 1. The summed E-state index contributed by atoms with van der Waals surface area (Å²) in [6.07, 6.45) is 4.80. The Labute approximate surface area is 103 Å². The highest BCUT2D eigenvalue weighted by atomic mass is 32.2. The quantitative estimate of drug-likeness (QED) is 0.712. The highest BCUT2D eigenvalue weighted by Gasteiger charge is 2.14. The van der Waals surface area contributed by atoms with Crippen LogP contribution in [0.4, 0.5) is 4.79 Å². The lowest BCUT2D eigenvalue weighted by Crippen LogP contribution is -2.41. The summed E-state index contributed by atoms with van der Waals surface area (Å²) >= 11 is 0. The number of amides is 2. The van der Waals surface area contributed by atoms with Crippen LogP contribution < -0.4 is 10.5 Å². The van der Waals surface area contributed by atoms with Gasteiger partial charge in [-0.15, -0.1) is 0 Å². The zero-order valence-corrected chi connectivity index (χ0v) is 10.8. The van der Waals surface area contributed by atoms with Gasteiger partial charge in [0.15, 0.2) is 0 Å². The molecule has 1 fully saturated rings. The predicted molar refractivity (Wildman–Crippen MR) is 66.0 cm³/mol. The largest absolute Gasteiger partial charge is 0.338 e. The number of nitrogens with two attached hydrogens (primary N) is 1.